The fourth-order valence-electron chi connectivity index (χ4n) is 1.82. The highest BCUT2D eigenvalue weighted by molar-refractivity contribution is 5.80. The van der Waals surface area contributed by atoms with Crippen LogP contribution in [-0.2, 0) is 11.0 Å². The average Bonchev–Trinajstić information content (AvgIpc) is 2.43. The molecular weight excluding hydrogens is 301 g/mol. The number of nitrogens with zero attached hydrogens (tertiary/aromatic N) is 1. The molecule has 1 aromatic rings. The molecule has 0 fully saturated rings. The summed E-state index contributed by atoms with van der Waals surface area (Å²) in [6.45, 7) is 1.04. The second kappa shape index (κ2) is 7.46. The first kappa shape index (κ1) is 18.2. The molecule has 1 amide bonds. The number of alkyl halides is 3. The number of carbonyl (C=O) groups is 1. The third-order valence-corrected chi connectivity index (χ3v) is 2.87. The van der Waals surface area contributed by atoms with Gasteiger partial charge in [-0.05, 0) is 19.1 Å². The van der Waals surface area contributed by atoms with E-state index in [1.165, 1.54) is 37.1 Å². The van der Waals surface area contributed by atoms with Crippen LogP contribution in [0.2, 0.25) is 0 Å². The van der Waals surface area contributed by atoms with Crippen LogP contribution >= 0.6 is 0 Å². The van der Waals surface area contributed by atoms with Crippen molar-refractivity contribution in [3.63, 3.8) is 0 Å². The van der Waals surface area contributed by atoms with Gasteiger partial charge in [0, 0.05) is 13.6 Å². The molecule has 0 saturated carbocycles. The van der Waals surface area contributed by atoms with Gasteiger partial charge in [0.1, 0.15) is 18.5 Å². The van der Waals surface area contributed by atoms with Gasteiger partial charge in [-0.2, -0.15) is 13.2 Å². The number of rotatable bonds is 6. The number of ether oxygens (including phenoxy) is 1. The van der Waals surface area contributed by atoms with E-state index in [0.29, 0.717) is 0 Å². The van der Waals surface area contributed by atoms with E-state index in [-0.39, 0.29) is 24.8 Å². The van der Waals surface area contributed by atoms with E-state index in [1.807, 2.05) is 0 Å². The van der Waals surface area contributed by atoms with Gasteiger partial charge in [0.05, 0.1) is 11.6 Å². The van der Waals surface area contributed by atoms with E-state index < -0.39 is 23.9 Å². The number of nitrogens with two attached hydrogens (primary N) is 1. The van der Waals surface area contributed by atoms with Crippen molar-refractivity contribution in [1.29, 1.82) is 0 Å². The minimum absolute atomic E-state index is 0.0887. The Morgan fingerprint density at radius 1 is 1.41 bits per heavy atom. The molecule has 0 bridgehead atoms. The van der Waals surface area contributed by atoms with Crippen LogP contribution in [0.4, 0.5) is 13.2 Å². The van der Waals surface area contributed by atoms with Crippen molar-refractivity contribution < 1.29 is 27.8 Å². The molecule has 5 nitrogen and oxygen atoms in total. The Hall–Kier alpha value is -1.80. The van der Waals surface area contributed by atoms with Crippen molar-refractivity contribution in [3.05, 3.63) is 29.8 Å². The predicted octanol–water partition coefficient (Wildman–Crippen LogP) is 1.25. The lowest BCUT2D eigenvalue weighted by molar-refractivity contribution is -0.139. The van der Waals surface area contributed by atoms with Gasteiger partial charge in [-0.25, -0.2) is 0 Å². The Kier molecular flexibility index (Phi) is 6.19. The summed E-state index contributed by atoms with van der Waals surface area (Å²) in [5.41, 5.74) is 4.50. The molecule has 0 aliphatic heterocycles. The molecule has 0 radical (unpaired) electrons. The first-order chi connectivity index (χ1) is 10.1. The predicted molar refractivity (Wildman–Crippen MR) is 74.2 cm³/mol. The molecule has 8 heteroatoms. The maximum Gasteiger partial charge on any atom is 0.419 e. The molecule has 0 heterocycles. The van der Waals surface area contributed by atoms with Crippen molar-refractivity contribution in [2.45, 2.75) is 25.2 Å². The summed E-state index contributed by atoms with van der Waals surface area (Å²) >= 11 is 0. The summed E-state index contributed by atoms with van der Waals surface area (Å²) < 4.78 is 43.3. The van der Waals surface area contributed by atoms with E-state index >= 15 is 0 Å². The lowest BCUT2D eigenvalue weighted by atomic mass is 10.2. The second-order valence-corrected chi connectivity index (χ2v) is 4.97. The van der Waals surface area contributed by atoms with E-state index in [0.717, 1.165) is 6.07 Å². The van der Waals surface area contributed by atoms with Crippen molar-refractivity contribution in [1.82, 2.24) is 4.90 Å². The molecule has 22 heavy (non-hydrogen) atoms. The van der Waals surface area contributed by atoms with Crippen molar-refractivity contribution in [3.8, 4) is 5.75 Å². The fraction of sp³-hybridized carbons (Fsp3) is 0.500. The number of para-hydroxylation sites is 1. The highest BCUT2D eigenvalue weighted by Gasteiger charge is 2.34. The normalized spacial score (nSPS) is 14.3. The molecule has 0 aromatic heterocycles. The number of amides is 1. The van der Waals surface area contributed by atoms with Gasteiger partial charge in [0.25, 0.3) is 0 Å². The third-order valence-electron chi connectivity index (χ3n) is 2.87. The number of likely N-dealkylation sites (N-methyl/N-ethyl adjacent to an activating group) is 1. The molecule has 3 N–H and O–H groups in total. The number of hydrogen-bond donors (Lipinski definition) is 2. The summed E-state index contributed by atoms with van der Waals surface area (Å²) in [5, 5.41) is 9.76. The monoisotopic (exact) mass is 320 g/mol. The van der Waals surface area contributed by atoms with Crippen LogP contribution in [-0.4, -0.2) is 48.3 Å². The largest absolute Gasteiger partial charge is 0.490 e. The third kappa shape index (κ3) is 5.19. The van der Waals surface area contributed by atoms with Gasteiger partial charge >= 0.3 is 6.18 Å². The van der Waals surface area contributed by atoms with Gasteiger partial charge in [-0.1, -0.05) is 12.1 Å². The van der Waals surface area contributed by atoms with Gasteiger partial charge in [0.15, 0.2) is 0 Å². The van der Waals surface area contributed by atoms with Crippen LogP contribution in [0.5, 0.6) is 5.75 Å². The minimum Gasteiger partial charge on any atom is -0.490 e. The average molecular weight is 320 g/mol. The Morgan fingerprint density at radius 2 is 2.00 bits per heavy atom. The Bertz CT molecular complexity index is 506. The zero-order valence-electron chi connectivity index (χ0n) is 12.3. The van der Waals surface area contributed by atoms with Crippen molar-refractivity contribution >= 4 is 5.91 Å². The minimum atomic E-state index is -4.54. The van der Waals surface area contributed by atoms with E-state index in [2.05, 4.69) is 0 Å². The first-order valence-electron chi connectivity index (χ1n) is 6.60. The molecule has 0 saturated heterocycles. The van der Waals surface area contributed by atoms with E-state index in [9.17, 15) is 23.1 Å². The van der Waals surface area contributed by atoms with Gasteiger partial charge < -0.3 is 20.5 Å². The Labute approximate surface area is 126 Å². The number of benzene rings is 1. The molecule has 2 atom stereocenters. The van der Waals surface area contributed by atoms with E-state index in [4.69, 9.17) is 10.5 Å². The van der Waals surface area contributed by atoms with Crippen LogP contribution in [0.1, 0.15) is 12.5 Å². The van der Waals surface area contributed by atoms with Crippen LogP contribution < -0.4 is 10.5 Å². The molecule has 124 valence electrons. The van der Waals surface area contributed by atoms with Gasteiger partial charge in [0.2, 0.25) is 5.91 Å². The molecule has 1 aromatic carbocycles. The Balaban J connectivity index is 2.62. The summed E-state index contributed by atoms with van der Waals surface area (Å²) in [4.78, 5) is 12.7. The zero-order valence-corrected chi connectivity index (χ0v) is 12.3. The van der Waals surface area contributed by atoms with Gasteiger partial charge in [-0.15, -0.1) is 0 Å². The second-order valence-electron chi connectivity index (χ2n) is 4.97. The highest BCUT2D eigenvalue weighted by atomic mass is 19.4. The standard InChI is InChI=1S/C14H19F3N2O3/c1-9(18)13(21)19(2)7-10(20)8-22-12-6-4-3-5-11(12)14(15,16)17/h3-6,9-10,20H,7-8,18H2,1-2H3/t9-,10?/m0/s1. The lowest BCUT2D eigenvalue weighted by Gasteiger charge is -2.23. The summed E-state index contributed by atoms with van der Waals surface area (Å²) in [6.07, 6.45) is -5.67. The lowest BCUT2D eigenvalue weighted by Crippen LogP contribution is -2.44. The molecule has 0 aliphatic carbocycles. The maximum absolute atomic E-state index is 12.8. The fourth-order valence-corrected chi connectivity index (χ4v) is 1.82. The van der Waals surface area contributed by atoms with E-state index in [1.54, 1.807) is 0 Å². The summed E-state index contributed by atoms with van der Waals surface area (Å²) in [6, 6.07) is 4.01. The molecule has 1 rings (SSSR count). The smallest absolute Gasteiger partial charge is 0.419 e. The summed E-state index contributed by atoms with van der Waals surface area (Å²) in [7, 11) is 1.44. The number of aliphatic hydroxyl groups excluding tert-OH is 1. The van der Waals surface area contributed by atoms with Crippen LogP contribution in [0.25, 0.3) is 0 Å². The number of halogens is 3. The van der Waals surface area contributed by atoms with Crippen molar-refractivity contribution in [2.24, 2.45) is 5.73 Å². The highest BCUT2D eigenvalue weighted by Crippen LogP contribution is 2.35. The quantitative estimate of drug-likeness (QED) is 0.827. The molecule has 0 aliphatic rings. The first-order valence-corrected chi connectivity index (χ1v) is 6.60. The molecular formula is C14H19F3N2O3. The van der Waals surface area contributed by atoms with Gasteiger partial charge in [-0.3, -0.25) is 4.79 Å². The molecule has 0 spiro atoms. The van der Waals surface area contributed by atoms with Crippen LogP contribution in [0.3, 0.4) is 0 Å². The number of hydrogen-bond acceptors (Lipinski definition) is 4. The van der Waals surface area contributed by atoms with Crippen LogP contribution in [0.15, 0.2) is 24.3 Å². The topological polar surface area (TPSA) is 75.8 Å². The maximum atomic E-state index is 12.8. The van der Waals surface area contributed by atoms with Crippen molar-refractivity contribution in [2.75, 3.05) is 20.2 Å². The zero-order chi connectivity index (χ0) is 16.9. The molecule has 1 unspecified atom stereocenters. The SMILES string of the molecule is C[C@H](N)C(=O)N(C)CC(O)COc1ccccc1C(F)(F)F. The summed E-state index contributed by atoms with van der Waals surface area (Å²) in [5.74, 6) is -0.745. The Morgan fingerprint density at radius 3 is 2.55 bits per heavy atom. The number of carbonyl (C=O) groups excluding carboxylic acids is 1. The van der Waals surface area contributed by atoms with Crippen LogP contribution in [0, 0.1) is 0 Å². The number of aliphatic hydroxyl groups is 1.